The van der Waals surface area contributed by atoms with Crippen molar-refractivity contribution in [3.63, 3.8) is 0 Å². The third-order valence-corrected chi connectivity index (χ3v) is 5.47. The lowest BCUT2D eigenvalue weighted by atomic mass is 9.99. The molecule has 0 saturated heterocycles. The van der Waals surface area contributed by atoms with Gasteiger partial charge in [-0.25, -0.2) is 0 Å². The molecular weight excluding hydrogens is 350 g/mol. The molecule has 0 aromatic heterocycles. The van der Waals surface area contributed by atoms with E-state index in [-0.39, 0.29) is 0 Å². The van der Waals surface area contributed by atoms with Crippen molar-refractivity contribution in [1.82, 2.24) is 4.90 Å². The van der Waals surface area contributed by atoms with Crippen LogP contribution in [0.5, 0.6) is 0 Å². The van der Waals surface area contributed by atoms with Crippen molar-refractivity contribution in [2.75, 3.05) is 26.3 Å². The fourth-order valence-electron chi connectivity index (χ4n) is 3.04. The Morgan fingerprint density at radius 2 is 1.52 bits per heavy atom. The normalized spacial score (nSPS) is 15.0. The summed E-state index contributed by atoms with van der Waals surface area (Å²) in [5.41, 5.74) is 0. The molecule has 0 fully saturated rings. The molecule has 0 bridgehead atoms. The zero-order valence-electron chi connectivity index (χ0n) is 16.9. The lowest BCUT2D eigenvalue weighted by Gasteiger charge is -2.29. The molecule has 3 unspecified atom stereocenters. The number of unbranched alkanes of at least 4 members (excludes halogenated alkanes) is 2. The smallest absolute Gasteiger partial charge is 0.133 e. The van der Waals surface area contributed by atoms with Crippen LogP contribution in [0.4, 0.5) is 0 Å². The molecule has 0 spiro atoms. The van der Waals surface area contributed by atoms with Gasteiger partial charge in [0.1, 0.15) is 4.32 Å². The maximum Gasteiger partial charge on any atom is 0.133 e. The molecule has 0 aliphatic carbocycles. The Morgan fingerprint density at radius 1 is 0.960 bits per heavy atom. The highest BCUT2D eigenvalue weighted by atomic mass is 32.1. The van der Waals surface area contributed by atoms with Crippen LogP contribution >= 0.6 is 24.8 Å². The van der Waals surface area contributed by atoms with Gasteiger partial charge in [0.15, 0.2) is 0 Å². The molecule has 0 rings (SSSR count). The molecule has 3 nitrogen and oxygen atoms in total. The molecule has 3 atom stereocenters. The Morgan fingerprint density at radius 3 is 2.00 bits per heavy atom. The Bertz CT molecular complexity index is 329. The van der Waals surface area contributed by atoms with E-state index in [0.717, 1.165) is 26.0 Å². The van der Waals surface area contributed by atoms with Crippen molar-refractivity contribution in [2.24, 2.45) is 11.8 Å². The Kier molecular flexibility index (Phi) is 16.4. The molecule has 0 aliphatic heterocycles. The molecule has 0 radical (unpaired) electrons. The first-order chi connectivity index (χ1) is 12.0. The third kappa shape index (κ3) is 13.0. The molecule has 0 aliphatic rings. The van der Waals surface area contributed by atoms with Crippen molar-refractivity contribution in [1.29, 1.82) is 0 Å². The molecule has 0 heterocycles. The highest BCUT2D eigenvalue weighted by Crippen LogP contribution is 2.16. The molecule has 0 saturated carbocycles. The number of hydrogen-bond acceptors (Lipinski definition) is 3. The third-order valence-electron chi connectivity index (χ3n) is 4.93. The van der Waals surface area contributed by atoms with E-state index in [2.05, 4.69) is 40.3 Å². The Hall–Kier alpha value is 0.160. The van der Waals surface area contributed by atoms with Gasteiger partial charge in [-0.05, 0) is 24.7 Å². The number of ether oxygens (including phenoxy) is 1. The van der Waals surface area contributed by atoms with Gasteiger partial charge in [-0.3, -0.25) is 0 Å². The van der Waals surface area contributed by atoms with Crippen LogP contribution in [0, 0.1) is 11.8 Å². The van der Waals surface area contributed by atoms with Gasteiger partial charge in [0.2, 0.25) is 0 Å². The summed E-state index contributed by atoms with van der Waals surface area (Å²) in [5.74, 6) is 1.21. The van der Waals surface area contributed by atoms with Crippen LogP contribution < -0.4 is 0 Å². The highest BCUT2D eigenvalue weighted by molar-refractivity contribution is 8.10. The van der Waals surface area contributed by atoms with E-state index in [9.17, 15) is 5.11 Å². The van der Waals surface area contributed by atoms with Crippen molar-refractivity contribution in [3.05, 3.63) is 0 Å². The number of thiocarbonyl (C=S) groups is 1. The monoisotopic (exact) mass is 391 g/mol. The molecule has 150 valence electrons. The van der Waals surface area contributed by atoms with Gasteiger partial charge in [-0.15, -0.1) is 12.6 Å². The van der Waals surface area contributed by atoms with E-state index in [1.54, 1.807) is 0 Å². The fraction of sp³-hybridized carbons (Fsp3) is 0.950. The van der Waals surface area contributed by atoms with E-state index in [0.29, 0.717) is 29.3 Å². The quantitative estimate of drug-likeness (QED) is 0.276. The number of hydrogen-bond donors (Lipinski definition) is 2. The second kappa shape index (κ2) is 16.3. The number of aliphatic hydroxyl groups is 1. The average molecular weight is 392 g/mol. The van der Waals surface area contributed by atoms with Gasteiger partial charge in [0, 0.05) is 19.7 Å². The van der Waals surface area contributed by atoms with Crippen LogP contribution in [0.2, 0.25) is 0 Å². The number of nitrogens with zero attached hydrogens (tertiary/aromatic N) is 1. The van der Waals surface area contributed by atoms with Crippen molar-refractivity contribution in [2.45, 2.75) is 85.2 Å². The number of thiol groups is 1. The fourth-order valence-corrected chi connectivity index (χ4v) is 3.35. The second-order valence-corrected chi connectivity index (χ2v) is 8.32. The molecule has 1 N–H and O–H groups in total. The summed E-state index contributed by atoms with van der Waals surface area (Å²) in [4.78, 5) is 2.03. The molecule has 0 amide bonds. The van der Waals surface area contributed by atoms with E-state index in [1.807, 2.05) is 4.90 Å². The molecule has 0 aromatic carbocycles. The summed E-state index contributed by atoms with van der Waals surface area (Å²) in [6.07, 6.45) is 9.12. The first kappa shape index (κ1) is 25.2. The van der Waals surface area contributed by atoms with Crippen molar-refractivity contribution < 1.29 is 9.84 Å². The Balaban J connectivity index is 4.26. The van der Waals surface area contributed by atoms with Crippen LogP contribution in [0.3, 0.4) is 0 Å². The zero-order chi connectivity index (χ0) is 19.1. The number of rotatable bonds is 16. The molecule has 25 heavy (non-hydrogen) atoms. The first-order valence-corrected chi connectivity index (χ1v) is 11.1. The van der Waals surface area contributed by atoms with Crippen LogP contribution in [-0.2, 0) is 4.74 Å². The van der Waals surface area contributed by atoms with Gasteiger partial charge in [-0.1, -0.05) is 78.4 Å². The van der Waals surface area contributed by atoms with Crippen LogP contribution in [-0.4, -0.2) is 46.7 Å². The summed E-state index contributed by atoms with van der Waals surface area (Å²) in [7, 11) is 0. The van der Waals surface area contributed by atoms with E-state index in [4.69, 9.17) is 17.0 Å². The first-order valence-electron chi connectivity index (χ1n) is 10.2. The van der Waals surface area contributed by atoms with Crippen LogP contribution in [0.15, 0.2) is 0 Å². The van der Waals surface area contributed by atoms with Crippen LogP contribution in [0.1, 0.15) is 79.1 Å². The van der Waals surface area contributed by atoms with Crippen molar-refractivity contribution in [3.8, 4) is 0 Å². The van der Waals surface area contributed by atoms with Crippen molar-refractivity contribution >= 4 is 29.2 Å². The van der Waals surface area contributed by atoms with Gasteiger partial charge >= 0.3 is 0 Å². The van der Waals surface area contributed by atoms with Crippen LogP contribution in [0.25, 0.3) is 0 Å². The van der Waals surface area contributed by atoms with E-state index in [1.165, 1.54) is 38.5 Å². The lowest BCUT2D eigenvalue weighted by molar-refractivity contribution is 0.00995. The second-order valence-electron chi connectivity index (χ2n) is 7.21. The average Bonchev–Trinajstić information content (AvgIpc) is 2.60. The summed E-state index contributed by atoms with van der Waals surface area (Å²) < 4.78 is 6.35. The van der Waals surface area contributed by atoms with Gasteiger partial charge in [-0.2, -0.15) is 0 Å². The van der Waals surface area contributed by atoms with Gasteiger partial charge < -0.3 is 14.7 Å². The number of aliphatic hydroxyl groups excluding tert-OH is 1. The predicted octanol–water partition coefficient (Wildman–Crippen LogP) is 5.31. The predicted molar refractivity (Wildman–Crippen MR) is 117 cm³/mol. The topological polar surface area (TPSA) is 32.7 Å². The lowest BCUT2D eigenvalue weighted by Crippen LogP contribution is -2.39. The Labute approximate surface area is 167 Å². The summed E-state index contributed by atoms with van der Waals surface area (Å²) in [6, 6.07) is 0. The van der Waals surface area contributed by atoms with Gasteiger partial charge in [0.25, 0.3) is 0 Å². The summed E-state index contributed by atoms with van der Waals surface area (Å²) in [5, 5.41) is 10.3. The minimum Gasteiger partial charge on any atom is -0.389 e. The molecular formula is C20H41NO2S2. The zero-order valence-corrected chi connectivity index (χ0v) is 18.6. The largest absolute Gasteiger partial charge is 0.389 e. The van der Waals surface area contributed by atoms with E-state index < -0.39 is 6.10 Å². The van der Waals surface area contributed by atoms with E-state index >= 15 is 0 Å². The minimum absolute atomic E-state index is 0.376. The SMILES string of the molecule is CCCCC(CC)COCC(O)CN(CC(CC)CCCC)C(=S)S. The molecule has 0 aromatic rings. The standard InChI is InChI=1S/C20H41NO2S2/c1-5-9-11-17(7-3)13-21(20(24)25)14-19(22)16-23-15-18(8-4)12-10-6-2/h17-19,22H,5-16H2,1-4H3,(H,24,25). The highest BCUT2D eigenvalue weighted by Gasteiger charge is 2.18. The maximum atomic E-state index is 10.3. The minimum atomic E-state index is -0.516. The van der Waals surface area contributed by atoms with Gasteiger partial charge in [0.05, 0.1) is 12.7 Å². The maximum absolute atomic E-state index is 10.3. The summed E-state index contributed by atoms with van der Waals surface area (Å²) in [6.45, 7) is 11.4. The summed E-state index contributed by atoms with van der Waals surface area (Å²) >= 11 is 9.63. The molecule has 5 heteroatoms.